The van der Waals surface area contributed by atoms with E-state index in [1.165, 1.54) is 24.3 Å². The fraction of sp³-hybridized carbons (Fsp3) is 0.188. The summed E-state index contributed by atoms with van der Waals surface area (Å²) in [5.41, 5.74) is 2.16. The number of aryl methyl sites for hydroxylation is 1. The Morgan fingerprint density at radius 1 is 1.22 bits per heavy atom. The molecule has 0 fully saturated rings. The van der Waals surface area contributed by atoms with Crippen molar-refractivity contribution in [3.63, 3.8) is 0 Å². The summed E-state index contributed by atoms with van der Waals surface area (Å²) in [6.45, 7) is -0.930. The Balaban J connectivity index is 1.87. The van der Waals surface area contributed by atoms with Gasteiger partial charge in [-0.05, 0) is 48.9 Å². The Bertz CT molecular complexity index is 678. The molecule has 1 amide bonds. The number of carbonyl (C=O) groups is 1. The van der Waals surface area contributed by atoms with E-state index >= 15 is 0 Å². The minimum atomic E-state index is -2.88. The lowest BCUT2D eigenvalue weighted by molar-refractivity contribution is -0.114. The van der Waals surface area contributed by atoms with E-state index in [2.05, 4.69) is 15.4 Å². The Kier molecular flexibility index (Phi) is 5.76. The van der Waals surface area contributed by atoms with Gasteiger partial charge in [-0.1, -0.05) is 17.7 Å². The number of alkyl halides is 2. The molecule has 0 aliphatic rings. The molecule has 2 aromatic carbocycles. The second kappa shape index (κ2) is 7.78. The number of amides is 1. The average Bonchev–Trinajstić information content (AvgIpc) is 2.48. The fourth-order valence-corrected chi connectivity index (χ4v) is 2.17. The molecule has 23 heavy (non-hydrogen) atoms. The SMILES string of the molecule is Cc1ccc(NCC(=O)Nc2ccc(OC(F)F)cc2)c(Cl)c1. The quantitative estimate of drug-likeness (QED) is 0.824. The van der Waals surface area contributed by atoms with Crippen molar-refractivity contribution in [2.45, 2.75) is 13.5 Å². The molecule has 0 spiro atoms. The van der Waals surface area contributed by atoms with Crippen molar-refractivity contribution in [3.8, 4) is 5.75 Å². The number of anilines is 2. The number of ether oxygens (including phenoxy) is 1. The van der Waals surface area contributed by atoms with Crippen molar-refractivity contribution in [1.29, 1.82) is 0 Å². The first-order valence-electron chi connectivity index (χ1n) is 6.79. The lowest BCUT2D eigenvalue weighted by Crippen LogP contribution is -2.21. The maximum Gasteiger partial charge on any atom is 0.387 e. The molecule has 2 aromatic rings. The van der Waals surface area contributed by atoms with Crippen LogP contribution in [0.4, 0.5) is 20.2 Å². The van der Waals surface area contributed by atoms with E-state index in [1.54, 1.807) is 12.1 Å². The Labute approximate surface area is 137 Å². The van der Waals surface area contributed by atoms with Gasteiger partial charge in [-0.2, -0.15) is 8.78 Å². The average molecular weight is 341 g/mol. The molecule has 4 nitrogen and oxygen atoms in total. The summed E-state index contributed by atoms with van der Waals surface area (Å²) in [7, 11) is 0. The fourth-order valence-electron chi connectivity index (χ4n) is 1.86. The molecule has 0 bridgehead atoms. The monoisotopic (exact) mass is 340 g/mol. The van der Waals surface area contributed by atoms with E-state index in [4.69, 9.17) is 11.6 Å². The minimum Gasteiger partial charge on any atom is -0.435 e. The maximum absolute atomic E-state index is 12.0. The Morgan fingerprint density at radius 2 is 1.91 bits per heavy atom. The number of rotatable bonds is 6. The zero-order valence-electron chi connectivity index (χ0n) is 12.3. The molecule has 2 rings (SSSR count). The van der Waals surface area contributed by atoms with Crippen molar-refractivity contribution < 1.29 is 18.3 Å². The van der Waals surface area contributed by atoms with Gasteiger partial charge in [0, 0.05) is 5.69 Å². The lowest BCUT2D eigenvalue weighted by atomic mass is 10.2. The molecular weight excluding hydrogens is 326 g/mol. The highest BCUT2D eigenvalue weighted by Gasteiger charge is 2.07. The van der Waals surface area contributed by atoms with Crippen LogP contribution in [-0.4, -0.2) is 19.1 Å². The summed E-state index contributed by atoms with van der Waals surface area (Å²) >= 11 is 6.06. The molecule has 7 heteroatoms. The molecule has 0 unspecified atom stereocenters. The highest BCUT2D eigenvalue weighted by Crippen LogP contribution is 2.22. The van der Waals surface area contributed by atoms with Gasteiger partial charge in [0.25, 0.3) is 0 Å². The predicted molar refractivity (Wildman–Crippen MR) is 86.4 cm³/mol. The van der Waals surface area contributed by atoms with Crippen molar-refractivity contribution in [2.75, 3.05) is 17.2 Å². The summed E-state index contributed by atoms with van der Waals surface area (Å²) in [6.07, 6.45) is 0. The molecule has 122 valence electrons. The first-order chi connectivity index (χ1) is 10.9. The molecule has 0 saturated carbocycles. The minimum absolute atomic E-state index is 0.0259. The van der Waals surface area contributed by atoms with Gasteiger partial charge >= 0.3 is 6.61 Å². The second-order valence-corrected chi connectivity index (χ2v) is 5.20. The van der Waals surface area contributed by atoms with Crippen molar-refractivity contribution >= 4 is 28.9 Å². The highest BCUT2D eigenvalue weighted by atomic mass is 35.5. The van der Waals surface area contributed by atoms with E-state index in [1.807, 2.05) is 13.0 Å². The normalized spacial score (nSPS) is 10.5. The number of carbonyl (C=O) groups excluding carboxylic acids is 1. The Morgan fingerprint density at radius 3 is 2.52 bits per heavy atom. The van der Waals surface area contributed by atoms with Gasteiger partial charge in [-0.3, -0.25) is 4.79 Å². The van der Waals surface area contributed by atoms with Gasteiger partial charge in [0.2, 0.25) is 5.91 Å². The summed E-state index contributed by atoms with van der Waals surface area (Å²) in [5, 5.41) is 6.10. The number of hydrogen-bond acceptors (Lipinski definition) is 3. The Hall–Kier alpha value is -2.34. The first-order valence-corrected chi connectivity index (χ1v) is 7.16. The van der Waals surface area contributed by atoms with E-state index in [0.717, 1.165) is 5.56 Å². The largest absolute Gasteiger partial charge is 0.435 e. The molecule has 0 aliphatic heterocycles. The molecule has 2 N–H and O–H groups in total. The molecular formula is C16H15ClF2N2O2. The van der Waals surface area contributed by atoms with Gasteiger partial charge in [0.1, 0.15) is 5.75 Å². The van der Waals surface area contributed by atoms with E-state index in [0.29, 0.717) is 16.4 Å². The van der Waals surface area contributed by atoms with Gasteiger partial charge in [-0.15, -0.1) is 0 Å². The smallest absolute Gasteiger partial charge is 0.387 e. The molecule has 0 saturated heterocycles. The standard InChI is InChI=1S/C16H15ClF2N2O2/c1-10-2-7-14(13(17)8-10)20-9-15(22)21-11-3-5-12(6-4-11)23-16(18)19/h2-8,16,20H,9H2,1H3,(H,21,22). The van der Waals surface area contributed by atoms with Crippen LogP contribution < -0.4 is 15.4 Å². The van der Waals surface area contributed by atoms with Gasteiger partial charge in [0.05, 0.1) is 17.3 Å². The van der Waals surface area contributed by atoms with Crippen molar-refractivity contribution in [2.24, 2.45) is 0 Å². The third kappa shape index (κ3) is 5.41. The van der Waals surface area contributed by atoms with Crippen LogP contribution in [0, 0.1) is 6.92 Å². The third-order valence-electron chi connectivity index (χ3n) is 2.93. The number of hydrogen-bond donors (Lipinski definition) is 2. The summed E-state index contributed by atoms with van der Waals surface area (Å²) in [6, 6.07) is 11.1. The summed E-state index contributed by atoms with van der Waals surface area (Å²) in [5.74, 6) is -0.258. The van der Waals surface area contributed by atoms with Crippen LogP contribution in [0.2, 0.25) is 5.02 Å². The number of halogens is 3. The third-order valence-corrected chi connectivity index (χ3v) is 3.24. The molecule has 0 aromatic heterocycles. The second-order valence-electron chi connectivity index (χ2n) is 4.79. The van der Waals surface area contributed by atoms with Crippen molar-refractivity contribution in [3.05, 3.63) is 53.1 Å². The zero-order chi connectivity index (χ0) is 16.8. The molecule has 0 radical (unpaired) electrons. The van der Waals surface area contributed by atoms with Gasteiger partial charge < -0.3 is 15.4 Å². The highest BCUT2D eigenvalue weighted by molar-refractivity contribution is 6.33. The molecule has 0 aliphatic carbocycles. The zero-order valence-corrected chi connectivity index (χ0v) is 13.0. The predicted octanol–water partition coefficient (Wildman–Crippen LogP) is 4.30. The van der Waals surface area contributed by atoms with Crippen LogP contribution in [0.25, 0.3) is 0 Å². The summed E-state index contributed by atoms with van der Waals surface area (Å²) in [4.78, 5) is 11.9. The maximum atomic E-state index is 12.0. The van der Waals surface area contributed by atoms with Crippen LogP contribution >= 0.6 is 11.6 Å². The molecule has 0 heterocycles. The van der Waals surface area contributed by atoms with Crippen LogP contribution in [0.15, 0.2) is 42.5 Å². The van der Waals surface area contributed by atoms with E-state index < -0.39 is 6.61 Å². The number of nitrogens with one attached hydrogen (secondary N) is 2. The van der Waals surface area contributed by atoms with Gasteiger partial charge in [-0.25, -0.2) is 0 Å². The molecule has 0 atom stereocenters. The lowest BCUT2D eigenvalue weighted by Gasteiger charge is -2.10. The first kappa shape index (κ1) is 17.0. The van der Waals surface area contributed by atoms with Crippen LogP contribution in [0.3, 0.4) is 0 Å². The summed E-state index contributed by atoms with van der Waals surface area (Å²) < 4.78 is 28.3. The number of benzene rings is 2. The van der Waals surface area contributed by atoms with Crippen molar-refractivity contribution in [1.82, 2.24) is 0 Å². The van der Waals surface area contributed by atoms with E-state index in [-0.39, 0.29) is 18.2 Å². The van der Waals surface area contributed by atoms with Gasteiger partial charge in [0.15, 0.2) is 0 Å². The topological polar surface area (TPSA) is 50.4 Å². The van der Waals surface area contributed by atoms with Crippen LogP contribution in [-0.2, 0) is 4.79 Å². The van der Waals surface area contributed by atoms with Crippen LogP contribution in [0.1, 0.15) is 5.56 Å². The van der Waals surface area contributed by atoms with Crippen LogP contribution in [0.5, 0.6) is 5.75 Å². The van der Waals surface area contributed by atoms with E-state index in [9.17, 15) is 13.6 Å².